The number of halogens is 1. The van der Waals surface area contributed by atoms with Crippen LogP contribution in [-0.4, -0.2) is 37.2 Å². The number of hydrogen-bond donors (Lipinski definition) is 0. The number of carbonyl (C=O) groups excluding carboxylic acids is 1. The minimum atomic E-state index is -0.361. The molecule has 5 aromatic rings. The molecule has 0 fully saturated rings. The first-order valence-electron chi connectivity index (χ1n) is 11.5. The van der Waals surface area contributed by atoms with Gasteiger partial charge in [-0.05, 0) is 61.4 Å². The van der Waals surface area contributed by atoms with Crippen LogP contribution in [0.2, 0.25) is 5.02 Å². The molecule has 0 unspecified atom stereocenters. The molecule has 0 aliphatic carbocycles. The van der Waals surface area contributed by atoms with Gasteiger partial charge < -0.3 is 9.30 Å². The molecule has 1 atom stereocenters. The summed E-state index contributed by atoms with van der Waals surface area (Å²) < 4.78 is 9.49. The Bertz CT molecular complexity index is 1650. The fraction of sp³-hybridized carbons (Fsp3) is 0.185. The zero-order valence-corrected chi connectivity index (χ0v) is 21.0. The SMILES string of the molecule is COc1ncccc1-c1cc2c(n1C)[C@@H](c1ccc(Cl)cc1)N(c1cc(C)c3nnc(C)n3c1)C2=O. The Morgan fingerprint density at radius 1 is 1.03 bits per heavy atom. The second-order valence-corrected chi connectivity index (χ2v) is 9.34. The Labute approximate surface area is 212 Å². The number of benzene rings is 1. The van der Waals surface area contributed by atoms with E-state index in [2.05, 4.69) is 19.7 Å². The van der Waals surface area contributed by atoms with Crippen molar-refractivity contribution in [2.24, 2.45) is 7.05 Å². The molecule has 1 aliphatic heterocycles. The van der Waals surface area contributed by atoms with Crippen LogP contribution in [0.3, 0.4) is 0 Å². The average Bonchev–Trinajstić information content (AvgIpc) is 3.51. The molecule has 5 heterocycles. The minimum absolute atomic E-state index is 0.0841. The van der Waals surface area contributed by atoms with E-state index in [1.165, 1.54) is 0 Å². The summed E-state index contributed by atoms with van der Waals surface area (Å²) in [7, 11) is 3.57. The van der Waals surface area contributed by atoms with Gasteiger partial charge in [0, 0.05) is 24.5 Å². The lowest BCUT2D eigenvalue weighted by Gasteiger charge is -2.28. The normalized spacial score (nSPS) is 15.1. The molecule has 0 spiro atoms. The summed E-state index contributed by atoms with van der Waals surface area (Å²) in [5, 5.41) is 9.12. The number of ether oxygens (including phenoxy) is 1. The first kappa shape index (κ1) is 22.3. The Morgan fingerprint density at radius 2 is 1.81 bits per heavy atom. The van der Waals surface area contributed by atoms with Crippen molar-refractivity contribution >= 4 is 28.8 Å². The molecular formula is C27H23ClN6O2. The van der Waals surface area contributed by atoms with Gasteiger partial charge in [-0.3, -0.25) is 14.1 Å². The van der Waals surface area contributed by atoms with Crippen molar-refractivity contribution < 1.29 is 9.53 Å². The van der Waals surface area contributed by atoms with Gasteiger partial charge in [0.25, 0.3) is 5.91 Å². The number of aryl methyl sites for hydroxylation is 2. The van der Waals surface area contributed by atoms with E-state index in [0.29, 0.717) is 16.5 Å². The first-order valence-corrected chi connectivity index (χ1v) is 11.9. The van der Waals surface area contributed by atoms with Crippen molar-refractivity contribution in [1.29, 1.82) is 0 Å². The van der Waals surface area contributed by atoms with E-state index < -0.39 is 0 Å². The van der Waals surface area contributed by atoms with Gasteiger partial charge in [0.05, 0.1) is 35.3 Å². The van der Waals surface area contributed by atoms with Crippen molar-refractivity contribution in [2.45, 2.75) is 19.9 Å². The Balaban J connectivity index is 1.58. The monoisotopic (exact) mass is 498 g/mol. The molecule has 36 heavy (non-hydrogen) atoms. The summed E-state index contributed by atoms with van der Waals surface area (Å²) in [6, 6.07) is 15.0. The van der Waals surface area contributed by atoms with Crippen LogP contribution in [-0.2, 0) is 7.05 Å². The summed E-state index contributed by atoms with van der Waals surface area (Å²) >= 11 is 6.22. The Kier molecular flexibility index (Phi) is 5.08. The lowest BCUT2D eigenvalue weighted by atomic mass is 10.0. The van der Waals surface area contributed by atoms with Gasteiger partial charge >= 0.3 is 0 Å². The van der Waals surface area contributed by atoms with Crippen molar-refractivity contribution in [3.05, 3.63) is 94.2 Å². The summed E-state index contributed by atoms with van der Waals surface area (Å²) in [6.07, 6.45) is 3.61. The van der Waals surface area contributed by atoms with E-state index in [0.717, 1.165) is 45.2 Å². The molecule has 180 valence electrons. The molecule has 0 saturated carbocycles. The van der Waals surface area contributed by atoms with Gasteiger partial charge in [-0.2, -0.15) is 0 Å². The molecule has 1 aliphatic rings. The molecule has 6 rings (SSSR count). The maximum absolute atomic E-state index is 14.1. The molecule has 1 amide bonds. The number of methoxy groups -OCH3 is 1. The van der Waals surface area contributed by atoms with E-state index in [1.807, 2.05) is 84.9 Å². The van der Waals surface area contributed by atoms with E-state index in [1.54, 1.807) is 13.3 Å². The van der Waals surface area contributed by atoms with Crippen LogP contribution in [0.15, 0.2) is 60.9 Å². The smallest absolute Gasteiger partial charge is 0.261 e. The third kappa shape index (κ3) is 3.21. The average molecular weight is 499 g/mol. The highest BCUT2D eigenvalue weighted by Crippen LogP contribution is 2.45. The van der Waals surface area contributed by atoms with Crippen LogP contribution < -0.4 is 9.64 Å². The fourth-order valence-electron chi connectivity index (χ4n) is 5.09. The standard InChI is InChI=1S/C27H23ClN6O2/c1-15-12-19(14-33-16(2)30-31-25(15)33)34-23(17-7-9-18(28)10-8-17)24-21(27(34)35)13-22(32(24)3)20-6-5-11-29-26(20)36-4/h5-14,23H,1-4H3/t23-/m1/s1. The number of fused-ring (bicyclic) bond motifs is 2. The predicted octanol–water partition coefficient (Wildman–Crippen LogP) is 5.16. The van der Waals surface area contributed by atoms with Gasteiger partial charge in [-0.15, -0.1) is 10.2 Å². The van der Waals surface area contributed by atoms with Gasteiger partial charge in [0.1, 0.15) is 11.9 Å². The highest BCUT2D eigenvalue weighted by Gasteiger charge is 2.42. The largest absolute Gasteiger partial charge is 0.481 e. The lowest BCUT2D eigenvalue weighted by molar-refractivity contribution is 0.0993. The molecule has 0 saturated heterocycles. The molecule has 9 heteroatoms. The Morgan fingerprint density at radius 3 is 2.56 bits per heavy atom. The van der Waals surface area contributed by atoms with Crippen LogP contribution in [0.5, 0.6) is 5.88 Å². The summed E-state index contributed by atoms with van der Waals surface area (Å²) in [5.41, 5.74) is 6.64. The van der Waals surface area contributed by atoms with Crippen LogP contribution in [0.1, 0.15) is 39.0 Å². The number of carbonyl (C=O) groups is 1. The Hall–Kier alpha value is -4.17. The van der Waals surface area contributed by atoms with Crippen molar-refractivity contribution in [2.75, 3.05) is 12.0 Å². The van der Waals surface area contributed by atoms with Crippen molar-refractivity contribution in [1.82, 2.24) is 24.1 Å². The maximum Gasteiger partial charge on any atom is 0.261 e. The first-order chi connectivity index (χ1) is 17.4. The third-order valence-corrected chi connectivity index (χ3v) is 7.05. The topological polar surface area (TPSA) is 77.6 Å². The quantitative estimate of drug-likeness (QED) is 0.342. The lowest BCUT2D eigenvalue weighted by Crippen LogP contribution is -2.30. The molecular weight excluding hydrogens is 476 g/mol. The number of aromatic nitrogens is 5. The number of anilines is 1. The number of rotatable bonds is 4. The number of hydrogen-bond acceptors (Lipinski definition) is 5. The maximum atomic E-state index is 14.1. The highest BCUT2D eigenvalue weighted by molar-refractivity contribution is 6.30. The minimum Gasteiger partial charge on any atom is -0.481 e. The van der Waals surface area contributed by atoms with E-state index in [-0.39, 0.29) is 11.9 Å². The van der Waals surface area contributed by atoms with Crippen molar-refractivity contribution in [3.8, 4) is 17.1 Å². The van der Waals surface area contributed by atoms with Gasteiger partial charge in [0.15, 0.2) is 5.65 Å². The highest BCUT2D eigenvalue weighted by atomic mass is 35.5. The molecule has 0 radical (unpaired) electrons. The van der Waals surface area contributed by atoms with Gasteiger partial charge in [0.2, 0.25) is 5.88 Å². The number of pyridine rings is 2. The van der Waals surface area contributed by atoms with Crippen molar-refractivity contribution in [3.63, 3.8) is 0 Å². The van der Waals surface area contributed by atoms with Gasteiger partial charge in [-0.1, -0.05) is 23.7 Å². The fourth-order valence-corrected chi connectivity index (χ4v) is 5.22. The molecule has 0 N–H and O–H groups in total. The molecule has 0 bridgehead atoms. The van der Waals surface area contributed by atoms with E-state index in [4.69, 9.17) is 16.3 Å². The number of amides is 1. The number of nitrogens with zero attached hydrogens (tertiary/aromatic N) is 6. The zero-order chi connectivity index (χ0) is 25.1. The van der Waals surface area contributed by atoms with Crippen LogP contribution >= 0.6 is 11.6 Å². The summed E-state index contributed by atoms with van der Waals surface area (Å²) in [4.78, 5) is 20.3. The summed E-state index contributed by atoms with van der Waals surface area (Å²) in [5.74, 6) is 1.18. The second kappa shape index (κ2) is 8.20. The van der Waals surface area contributed by atoms with Gasteiger partial charge in [-0.25, -0.2) is 4.98 Å². The second-order valence-electron chi connectivity index (χ2n) is 8.90. The molecule has 1 aromatic carbocycles. The zero-order valence-electron chi connectivity index (χ0n) is 20.2. The van der Waals surface area contributed by atoms with E-state index >= 15 is 0 Å². The van der Waals surface area contributed by atoms with E-state index in [9.17, 15) is 4.79 Å². The third-order valence-electron chi connectivity index (χ3n) is 6.80. The van der Waals surface area contributed by atoms with Crippen LogP contribution in [0.4, 0.5) is 5.69 Å². The summed E-state index contributed by atoms with van der Waals surface area (Å²) in [6.45, 7) is 3.87. The molecule has 8 nitrogen and oxygen atoms in total. The predicted molar refractivity (Wildman–Crippen MR) is 138 cm³/mol. The van der Waals surface area contributed by atoms with Crippen LogP contribution in [0.25, 0.3) is 16.9 Å². The molecule has 4 aromatic heterocycles. The van der Waals surface area contributed by atoms with Crippen LogP contribution in [0, 0.1) is 13.8 Å².